The lowest BCUT2D eigenvalue weighted by Crippen LogP contribution is -2.23. The van der Waals surface area contributed by atoms with E-state index >= 15 is 0 Å². The molecule has 0 aliphatic carbocycles. The fraction of sp³-hybridized carbons (Fsp3) is 0.120. The summed E-state index contributed by atoms with van der Waals surface area (Å²) < 4.78 is 5.55. The van der Waals surface area contributed by atoms with Crippen LogP contribution in [0.4, 0.5) is 0 Å². The highest BCUT2D eigenvalue weighted by atomic mass is 16.5. The highest BCUT2D eigenvalue weighted by Crippen LogP contribution is 2.31. The quantitative estimate of drug-likeness (QED) is 0.418. The average molecular weight is 410 g/mol. The number of carbonyl (C=O) groups is 1. The second kappa shape index (κ2) is 8.75. The molecule has 0 saturated heterocycles. The number of carbonyl (C=O) groups excluding carboxylic acids is 1. The van der Waals surface area contributed by atoms with Gasteiger partial charge in [-0.1, -0.05) is 24.8 Å². The van der Waals surface area contributed by atoms with Crippen LogP contribution in [0.25, 0.3) is 11.3 Å². The molecule has 4 rings (SSSR count). The zero-order valence-corrected chi connectivity index (χ0v) is 17.3. The third kappa shape index (κ3) is 4.43. The van der Waals surface area contributed by atoms with E-state index in [0.717, 1.165) is 33.5 Å². The van der Waals surface area contributed by atoms with Crippen LogP contribution >= 0.6 is 0 Å². The Morgan fingerprint density at radius 1 is 1.26 bits per heavy atom. The minimum absolute atomic E-state index is 0.0469. The van der Waals surface area contributed by atoms with Crippen molar-refractivity contribution in [2.45, 2.75) is 20.0 Å². The number of fused-ring (bicyclic) bond motifs is 1. The molecule has 6 heteroatoms. The molecule has 1 amide bonds. The monoisotopic (exact) mass is 410 g/mol. The zero-order valence-electron chi connectivity index (χ0n) is 17.3. The first-order valence-corrected chi connectivity index (χ1v) is 9.85. The molecule has 31 heavy (non-hydrogen) atoms. The number of allylic oxidation sites excluding steroid dienone is 1. The van der Waals surface area contributed by atoms with Gasteiger partial charge in [-0.25, -0.2) is 4.99 Å². The van der Waals surface area contributed by atoms with Crippen molar-refractivity contribution in [2.75, 3.05) is 0 Å². The van der Waals surface area contributed by atoms with Crippen LogP contribution in [0, 0.1) is 6.92 Å². The van der Waals surface area contributed by atoms with Crippen LogP contribution in [-0.2, 0) is 13.1 Å². The second-order valence-electron chi connectivity index (χ2n) is 7.23. The topological polar surface area (TPSA) is 67.7 Å². The number of rotatable bonds is 7. The third-order valence-electron chi connectivity index (χ3n) is 4.99. The summed E-state index contributed by atoms with van der Waals surface area (Å²) >= 11 is 0. The summed E-state index contributed by atoms with van der Waals surface area (Å²) in [7, 11) is 0. The molecule has 6 nitrogen and oxygen atoms in total. The van der Waals surface area contributed by atoms with Crippen molar-refractivity contribution in [3.63, 3.8) is 0 Å². The number of ether oxygens (including phenoxy) is 1. The van der Waals surface area contributed by atoms with Crippen molar-refractivity contribution in [3.05, 3.63) is 102 Å². The maximum atomic E-state index is 13.0. The van der Waals surface area contributed by atoms with Gasteiger partial charge in [-0.3, -0.25) is 14.8 Å². The first kappa shape index (κ1) is 20.2. The van der Waals surface area contributed by atoms with E-state index < -0.39 is 0 Å². The smallest absolute Gasteiger partial charge is 0.255 e. The Morgan fingerprint density at radius 3 is 2.77 bits per heavy atom. The minimum atomic E-state index is 0.0469. The lowest BCUT2D eigenvalue weighted by Gasteiger charge is -2.16. The third-order valence-corrected chi connectivity index (χ3v) is 4.99. The molecule has 0 saturated carbocycles. The number of amides is 1. The molecule has 154 valence electrons. The van der Waals surface area contributed by atoms with Gasteiger partial charge in [0.2, 0.25) is 5.88 Å². The van der Waals surface area contributed by atoms with Gasteiger partial charge in [0.25, 0.3) is 5.91 Å². The Morgan fingerprint density at radius 2 is 2.06 bits per heavy atom. The normalized spacial score (nSPS) is 12.8. The largest absolute Gasteiger partial charge is 0.440 e. The Balaban J connectivity index is 1.48. The van der Waals surface area contributed by atoms with Crippen molar-refractivity contribution in [1.29, 1.82) is 0 Å². The first-order valence-electron chi connectivity index (χ1n) is 9.85. The lowest BCUT2D eigenvalue weighted by molar-refractivity contribution is 0.0766. The van der Waals surface area contributed by atoms with Gasteiger partial charge >= 0.3 is 0 Å². The van der Waals surface area contributed by atoms with E-state index in [0.29, 0.717) is 18.8 Å². The molecule has 0 N–H and O–H groups in total. The second-order valence-corrected chi connectivity index (χ2v) is 7.23. The minimum Gasteiger partial charge on any atom is -0.440 e. The molecule has 2 aromatic carbocycles. The molecule has 1 aromatic heterocycles. The number of benzene rings is 2. The van der Waals surface area contributed by atoms with Crippen LogP contribution < -0.4 is 4.74 Å². The predicted molar refractivity (Wildman–Crippen MR) is 121 cm³/mol. The van der Waals surface area contributed by atoms with E-state index in [4.69, 9.17) is 4.74 Å². The Labute approximate surface area is 181 Å². The van der Waals surface area contributed by atoms with Gasteiger partial charge in [0, 0.05) is 42.8 Å². The molecular formula is C25H22N4O2. The average Bonchev–Trinajstić information content (AvgIpc) is 3.09. The molecule has 0 spiro atoms. The van der Waals surface area contributed by atoms with Crippen LogP contribution in [0.5, 0.6) is 5.75 Å². The maximum absolute atomic E-state index is 13.0. The summed E-state index contributed by atoms with van der Waals surface area (Å²) in [5.74, 6) is 0.966. The Hall–Kier alpha value is -4.06. The van der Waals surface area contributed by atoms with E-state index in [2.05, 4.69) is 28.1 Å². The van der Waals surface area contributed by atoms with E-state index in [1.54, 1.807) is 24.7 Å². The van der Waals surface area contributed by atoms with Gasteiger partial charge in [-0.05, 0) is 54.5 Å². The molecule has 0 bridgehead atoms. The van der Waals surface area contributed by atoms with Crippen LogP contribution in [0.15, 0.2) is 85.1 Å². The summed E-state index contributed by atoms with van der Waals surface area (Å²) in [5.41, 5.74) is 5.54. The van der Waals surface area contributed by atoms with E-state index in [1.807, 2.05) is 48.2 Å². The summed E-state index contributed by atoms with van der Waals surface area (Å²) in [6, 6.07) is 11.6. The Bertz CT molecular complexity index is 1170. The molecular weight excluding hydrogens is 388 g/mol. The van der Waals surface area contributed by atoms with Crippen molar-refractivity contribution in [3.8, 4) is 17.0 Å². The SMILES string of the molecule is C=C/C=N\C(=C)Oc1ccc(CN2Cc3cc(-c4cnccn4)cc(C)c3C2=O)cc1. The lowest BCUT2D eigenvalue weighted by atomic mass is 9.99. The molecule has 1 aliphatic rings. The molecule has 0 atom stereocenters. The number of hydrogen-bond donors (Lipinski definition) is 0. The molecule has 0 fully saturated rings. The van der Waals surface area contributed by atoms with Gasteiger partial charge in [-0.15, -0.1) is 0 Å². The highest BCUT2D eigenvalue weighted by Gasteiger charge is 2.29. The van der Waals surface area contributed by atoms with E-state index in [1.165, 1.54) is 6.21 Å². The van der Waals surface area contributed by atoms with Crippen molar-refractivity contribution >= 4 is 12.1 Å². The highest BCUT2D eigenvalue weighted by molar-refractivity contribution is 6.00. The number of aliphatic imine (C=N–C) groups is 1. The van der Waals surface area contributed by atoms with Gasteiger partial charge in [0.15, 0.2) is 0 Å². The number of nitrogens with zero attached hydrogens (tertiary/aromatic N) is 4. The summed E-state index contributed by atoms with van der Waals surface area (Å²) in [5, 5.41) is 0. The van der Waals surface area contributed by atoms with Gasteiger partial charge in [0.1, 0.15) is 5.75 Å². The molecule has 3 aromatic rings. The van der Waals surface area contributed by atoms with Gasteiger partial charge in [0.05, 0.1) is 11.9 Å². The summed E-state index contributed by atoms with van der Waals surface area (Å²) in [6.45, 7) is 10.3. The number of hydrogen-bond acceptors (Lipinski definition) is 5. The van der Waals surface area contributed by atoms with Gasteiger partial charge in [-0.2, -0.15) is 0 Å². The molecule has 2 heterocycles. The summed E-state index contributed by atoms with van der Waals surface area (Å²) in [4.78, 5) is 27.4. The molecule has 1 aliphatic heterocycles. The standard InChI is InChI=1S/C25H22N4O2/c1-4-9-27-18(3)31-22-7-5-19(6-8-22)15-29-16-21-13-20(23-14-26-10-11-28-23)12-17(2)24(21)25(29)30/h4-14H,1,3,15-16H2,2H3/b27-9-. The van der Waals surface area contributed by atoms with Crippen LogP contribution in [0.2, 0.25) is 0 Å². The van der Waals surface area contributed by atoms with E-state index in [9.17, 15) is 4.79 Å². The van der Waals surface area contributed by atoms with Crippen molar-refractivity contribution in [2.24, 2.45) is 4.99 Å². The zero-order chi connectivity index (χ0) is 21.8. The fourth-order valence-corrected chi connectivity index (χ4v) is 3.63. The van der Waals surface area contributed by atoms with Crippen LogP contribution in [0.1, 0.15) is 27.0 Å². The predicted octanol–water partition coefficient (Wildman–Crippen LogP) is 4.71. The summed E-state index contributed by atoms with van der Waals surface area (Å²) in [6.07, 6.45) is 8.13. The molecule has 0 unspecified atom stereocenters. The van der Waals surface area contributed by atoms with Crippen LogP contribution in [0.3, 0.4) is 0 Å². The Kier molecular flexibility index (Phi) is 5.71. The molecule has 0 radical (unpaired) electrons. The first-order chi connectivity index (χ1) is 15.0. The van der Waals surface area contributed by atoms with E-state index in [-0.39, 0.29) is 11.8 Å². The van der Waals surface area contributed by atoms with Crippen molar-refractivity contribution < 1.29 is 9.53 Å². The number of aromatic nitrogens is 2. The van der Waals surface area contributed by atoms with Crippen LogP contribution in [-0.4, -0.2) is 27.0 Å². The van der Waals surface area contributed by atoms with Crippen molar-refractivity contribution in [1.82, 2.24) is 14.9 Å². The van der Waals surface area contributed by atoms with Gasteiger partial charge < -0.3 is 9.64 Å². The fourth-order valence-electron chi connectivity index (χ4n) is 3.63. The number of aryl methyl sites for hydroxylation is 1. The maximum Gasteiger partial charge on any atom is 0.255 e.